The third kappa shape index (κ3) is 2.53. The fourth-order valence-electron chi connectivity index (χ4n) is 2.70. The summed E-state index contributed by atoms with van der Waals surface area (Å²) in [4.78, 5) is 15.6. The zero-order valence-corrected chi connectivity index (χ0v) is 12.1. The summed E-state index contributed by atoms with van der Waals surface area (Å²) in [6.45, 7) is 3.26. The average molecular weight is 293 g/mol. The van der Waals surface area contributed by atoms with Crippen LogP contribution in [-0.2, 0) is 4.74 Å². The highest BCUT2D eigenvalue weighted by Crippen LogP contribution is 2.25. The van der Waals surface area contributed by atoms with E-state index < -0.39 is 0 Å². The van der Waals surface area contributed by atoms with E-state index in [-0.39, 0.29) is 12.0 Å². The molecule has 0 aliphatic carbocycles. The second-order valence-corrected chi connectivity index (χ2v) is 5.60. The largest absolute Gasteiger partial charge is 0.376 e. The molecule has 3 rings (SSSR count). The molecule has 2 heterocycles. The molecule has 1 atom stereocenters. The van der Waals surface area contributed by atoms with Gasteiger partial charge in [0.1, 0.15) is 0 Å². The van der Waals surface area contributed by atoms with E-state index >= 15 is 0 Å². The first-order valence-electron chi connectivity index (χ1n) is 6.83. The molecule has 1 aliphatic rings. The van der Waals surface area contributed by atoms with Crippen molar-refractivity contribution in [3.63, 3.8) is 0 Å². The number of aromatic amines is 1. The number of nitrogens with one attached hydrogen (secondary N) is 2. The Hall–Kier alpha value is -1.52. The number of aryl methyl sites for hydroxylation is 1. The Morgan fingerprint density at radius 1 is 1.55 bits per heavy atom. The molecule has 5 heteroatoms. The smallest absolute Gasteiger partial charge is 0.253 e. The van der Waals surface area contributed by atoms with E-state index in [2.05, 4.69) is 10.3 Å². The van der Waals surface area contributed by atoms with E-state index in [1.807, 2.05) is 19.1 Å². The lowest BCUT2D eigenvalue weighted by molar-refractivity contribution is 0.0858. The van der Waals surface area contributed by atoms with Crippen LogP contribution in [0, 0.1) is 6.92 Å². The van der Waals surface area contributed by atoms with Crippen molar-refractivity contribution >= 4 is 28.4 Å². The lowest BCUT2D eigenvalue weighted by atomic mass is 10.1. The molecule has 0 radical (unpaired) electrons. The summed E-state index contributed by atoms with van der Waals surface area (Å²) >= 11 is 5.97. The fourth-order valence-corrected chi connectivity index (χ4v) is 2.87. The molecule has 1 fully saturated rings. The SMILES string of the molecule is Cc1[nH]c2cc(Cl)ccc2c1C(=O)NCC1CCCO1. The molecule has 0 spiro atoms. The van der Waals surface area contributed by atoms with Crippen LogP contribution >= 0.6 is 11.6 Å². The number of hydrogen-bond acceptors (Lipinski definition) is 2. The third-order valence-electron chi connectivity index (χ3n) is 3.69. The standard InChI is InChI=1S/C15H17ClN2O2/c1-9-14(12-5-4-10(16)7-13(12)18-9)15(19)17-8-11-3-2-6-20-11/h4-5,7,11,18H,2-3,6,8H2,1H3,(H,17,19). The van der Waals surface area contributed by atoms with Gasteiger partial charge in [-0.05, 0) is 31.9 Å². The fraction of sp³-hybridized carbons (Fsp3) is 0.400. The van der Waals surface area contributed by atoms with Crippen molar-refractivity contribution in [2.45, 2.75) is 25.9 Å². The highest BCUT2D eigenvalue weighted by Gasteiger charge is 2.19. The number of fused-ring (bicyclic) bond motifs is 1. The predicted octanol–water partition coefficient (Wildman–Crippen LogP) is 3.04. The van der Waals surface area contributed by atoms with Crippen molar-refractivity contribution in [2.24, 2.45) is 0 Å². The molecule has 20 heavy (non-hydrogen) atoms. The van der Waals surface area contributed by atoms with Gasteiger partial charge in [0, 0.05) is 34.8 Å². The first-order valence-corrected chi connectivity index (χ1v) is 7.20. The van der Waals surface area contributed by atoms with Crippen molar-refractivity contribution in [3.8, 4) is 0 Å². The molecule has 1 aromatic carbocycles. The summed E-state index contributed by atoms with van der Waals surface area (Å²) in [5.41, 5.74) is 2.43. The molecule has 1 amide bonds. The summed E-state index contributed by atoms with van der Waals surface area (Å²) in [6, 6.07) is 5.51. The Balaban J connectivity index is 1.81. The highest BCUT2D eigenvalue weighted by atomic mass is 35.5. The normalized spacial score (nSPS) is 18.6. The maximum atomic E-state index is 12.4. The van der Waals surface area contributed by atoms with Crippen LogP contribution in [0.25, 0.3) is 10.9 Å². The Morgan fingerprint density at radius 2 is 2.40 bits per heavy atom. The Morgan fingerprint density at radius 3 is 3.15 bits per heavy atom. The molecular formula is C15H17ClN2O2. The minimum absolute atomic E-state index is 0.0634. The quantitative estimate of drug-likeness (QED) is 0.913. The number of aromatic nitrogens is 1. The first kappa shape index (κ1) is 13.5. The van der Waals surface area contributed by atoms with Crippen LogP contribution in [0.1, 0.15) is 28.9 Å². The molecule has 2 aromatic rings. The summed E-state index contributed by atoms with van der Waals surface area (Å²) in [7, 11) is 0. The van der Waals surface area contributed by atoms with Crippen LogP contribution in [0.5, 0.6) is 0 Å². The lowest BCUT2D eigenvalue weighted by Crippen LogP contribution is -2.32. The van der Waals surface area contributed by atoms with E-state index in [4.69, 9.17) is 16.3 Å². The number of carbonyl (C=O) groups excluding carboxylic acids is 1. The van der Waals surface area contributed by atoms with E-state index in [1.54, 1.807) is 6.07 Å². The van der Waals surface area contributed by atoms with Crippen LogP contribution < -0.4 is 5.32 Å². The molecule has 1 saturated heterocycles. The molecule has 4 nitrogen and oxygen atoms in total. The van der Waals surface area contributed by atoms with Gasteiger partial charge in [-0.3, -0.25) is 4.79 Å². The van der Waals surface area contributed by atoms with Crippen LogP contribution in [0.2, 0.25) is 5.02 Å². The zero-order valence-electron chi connectivity index (χ0n) is 11.3. The highest BCUT2D eigenvalue weighted by molar-refractivity contribution is 6.31. The number of rotatable bonds is 3. The van der Waals surface area contributed by atoms with Gasteiger partial charge >= 0.3 is 0 Å². The van der Waals surface area contributed by atoms with Gasteiger partial charge in [-0.15, -0.1) is 0 Å². The number of carbonyl (C=O) groups is 1. The van der Waals surface area contributed by atoms with Gasteiger partial charge in [-0.1, -0.05) is 17.7 Å². The van der Waals surface area contributed by atoms with Crippen LogP contribution in [-0.4, -0.2) is 30.1 Å². The van der Waals surface area contributed by atoms with Gasteiger partial charge in [0.05, 0.1) is 11.7 Å². The Labute approximate surface area is 122 Å². The van der Waals surface area contributed by atoms with Crippen LogP contribution in [0.15, 0.2) is 18.2 Å². The topological polar surface area (TPSA) is 54.1 Å². The number of amides is 1. The monoisotopic (exact) mass is 292 g/mol. The number of benzene rings is 1. The van der Waals surface area contributed by atoms with E-state index in [1.165, 1.54) is 0 Å². The first-order chi connectivity index (χ1) is 9.65. The molecule has 1 aromatic heterocycles. The average Bonchev–Trinajstić information content (AvgIpc) is 3.02. The van der Waals surface area contributed by atoms with Gasteiger partial charge < -0.3 is 15.0 Å². The van der Waals surface area contributed by atoms with Gasteiger partial charge in [0.25, 0.3) is 5.91 Å². The number of H-pyrrole nitrogens is 1. The van der Waals surface area contributed by atoms with Gasteiger partial charge in [0.2, 0.25) is 0 Å². The van der Waals surface area contributed by atoms with Crippen molar-refractivity contribution in [1.82, 2.24) is 10.3 Å². The van der Waals surface area contributed by atoms with Gasteiger partial charge in [-0.2, -0.15) is 0 Å². The summed E-state index contributed by atoms with van der Waals surface area (Å²) in [6.07, 6.45) is 2.24. The number of halogens is 1. The van der Waals surface area contributed by atoms with Crippen LogP contribution in [0.3, 0.4) is 0 Å². The molecule has 1 aliphatic heterocycles. The van der Waals surface area contributed by atoms with E-state index in [0.29, 0.717) is 17.1 Å². The number of ether oxygens (including phenoxy) is 1. The van der Waals surface area contributed by atoms with Gasteiger partial charge in [0.15, 0.2) is 0 Å². The molecule has 0 bridgehead atoms. The second-order valence-electron chi connectivity index (χ2n) is 5.16. The van der Waals surface area contributed by atoms with E-state index in [9.17, 15) is 4.79 Å². The maximum absolute atomic E-state index is 12.4. The molecule has 0 saturated carbocycles. The summed E-state index contributed by atoms with van der Waals surface area (Å²) in [5.74, 6) is -0.0634. The summed E-state index contributed by atoms with van der Waals surface area (Å²) < 4.78 is 5.51. The second kappa shape index (κ2) is 5.46. The Bertz CT molecular complexity index is 645. The van der Waals surface area contributed by atoms with Crippen molar-refractivity contribution < 1.29 is 9.53 Å². The molecule has 2 N–H and O–H groups in total. The van der Waals surface area contributed by atoms with Crippen molar-refractivity contribution in [1.29, 1.82) is 0 Å². The van der Waals surface area contributed by atoms with Crippen molar-refractivity contribution in [3.05, 3.63) is 34.5 Å². The summed E-state index contributed by atoms with van der Waals surface area (Å²) in [5, 5.41) is 4.51. The minimum atomic E-state index is -0.0634. The van der Waals surface area contributed by atoms with E-state index in [0.717, 1.165) is 36.0 Å². The van der Waals surface area contributed by atoms with Crippen molar-refractivity contribution in [2.75, 3.05) is 13.2 Å². The minimum Gasteiger partial charge on any atom is -0.376 e. The zero-order chi connectivity index (χ0) is 14.1. The molecule has 106 valence electrons. The number of hydrogen-bond donors (Lipinski definition) is 2. The predicted molar refractivity (Wildman–Crippen MR) is 79.4 cm³/mol. The third-order valence-corrected chi connectivity index (χ3v) is 3.92. The molecule has 1 unspecified atom stereocenters. The lowest BCUT2D eigenvalue weighted by Gasteiger charge is -2.10. The Kier molecular flexibility index (Phi) is 3.68. The maximum Gasteiger partial charge on any atom is 0.253 e. The van der Waals surface area contributed by atoms with Gasteiger partial charge in [-0.25, -0.2) is 0 Å². The molecular weight excluding hydrogens is 276 g/mol. The van der Waals surface area contributed by atoms with Crippen LogP contribution in [0.4, 0.5) is 0 Å².